The lowest BCUT2D eigenvalue weighted by molar-refractivity contribution is -0.118. The molecule has 0 aromatic heterocycles. The average Bonchev–Trinajstić information content (AvgIpc) is 2.88. The van der Waals surface area contributed by atoms with Crippen molar-refractivity contribution in [2.45, 2.75) is 95.9 Å². The summed E-state index contributed by atoms with van der Waals surface area (Å²) < 4.78 is 22.5. The van der Waals surface area contributed by atoms with Crippen LogP contribution in [0.5, 0.6) is 0 Å². The van der Waals surface area contributed by atoms with Gasteiger partial charge in [-0.3, -0.25) is 4.79 Å². The van der Waals surface area contributed by atoms with Gasteiger partial charge in [-0.05, 0) is 69.2 Å². The molecule has 0 amide bonds. The van der Waals surface area contributed by atoms with E-state index in [9.17, 15) is 4.79 Å². The molecule has 6 nitrogen and oxygen atoms in total. The number of hydrogen-bond donors (Lipinski definition) is 1. The average molecular weight is 572 g/mol. The first-order valence-electron chi connectivity index (χ1n) is 14.4. The molecule has 0 saturated heterocycles. The molecule has 1 rings (SSSR count). The van der Waals surface area contributed by atoms with Crippen molar-refractivity contribution < 1.29 is 23.7 Å². The van der Waals surface area contributed by atoms with Crippen LogP contribution in [0.15, 0.2) is 29.2 Å². The quantitative estimate of drug-likeness (QED) is 0.0728. The summed E-state index contributed by atoms with van der Waals surface area (Å²) in [4.78, 5) is 13.5. The second-order valence-electron chi connectivity index (χ2n) is 10.3. The highest BCUT2D eigenvalue weighted by Crippen LogP contribution is 2.35. The molecular formula is C30H53NO5S2. The number of unbranched alkanes of at least 4 members (excludes halogenated alkanes) is 1. The second-order valence-corrected chi connectivity index (χ2v) is 12.8. The smallest absolute Gasteiger partial charge is 0.137 e. The highest BCUT2D eigenvalue weighted by molar-refractivity contribution is 8.76. The van der Waals surface area contributed by atoms with Gasteiger partial charge in [-0.25, -0.2) is 0 Å². The summed E-state index contributed by atoms with van der Waals surface area (Å²) in [6, 6.07) is 8.82. The predicted octanol–water partition coefficient (Wildman–Crippen LogP) is 6.95. The van der Waals surface area contributed by atoms with Crippen LogP contribution in [0.2, 0.25) is 0 Å². The third-order valence-electron chi connectivity index (χ3n) is 5.64. The summed E-state index contributed by atoms with van der Waals surface area (Å²) in [6.45, 7) is 16.5. The van der Waals surface area contributed by atoms with Gasteiger partial charge in [0.15, 0.2) is 0 Å². The molecule has 0 aliphatic carbocycles. The van der Waals surface area contributed by atoms with Crippen LogP contribution in [0.1, 0.15) is 78.7 Å². The Balaban J connectivity index is 1.99. The van der Waals surface area contributed by atoms with Crippen LogP contribution in [-0.4, -0.2) is 70.1 Å². The van der Waals surface area contributed by atoms with E-state index in [0.29, 0.717) is 51.9 Å². The second kappa shape index (κ2) is 24.2. The van der Waals surface area contributed by atoms with E-state index >= 15 is 0 Å². The van der Waals surface area contributed by atoms with Crippen LogP contribution in [-0.2, 0) is 30.2 Å². The first-order chi connectivity index (χ1) is 18.4. The van der Waals surface area contributed by atoms with E-state index in [-0.39, 0.29) is 11.2 Å². The molecule has 0 radical (unpaired) electrons. The molecule has 0 aliphatic rings. The molecule has 1 unspecified atom stereocenters. The summed E-state index contributed by atoms with van der Waals surface area (Å²) in [5.74, 6) is 0.981. The minimum atomic E-state index is 0.145. The van der Waals surface area contributed by atoms with Gasteiger partial charge in [0.25, 0.3) is 0 Å². The molecule has 38 heavy (non-hydrogen) atoms. The van der Waals surface area contributed by atoms with Crippen LogP contribution >= 0.6 is 21.6 Å². The lowest BCUT2D eigenvalue weighted by atomic mass is 10.1. The van der Waals surface area contributed by atoms with Crippen LogP contribution in [0, 0.1) is 5.92 Å². The van der Waals surface area contributed by atoms with Gasteiger partial charge in [-0.2, -0.15) is 0 Å². The van der Waals surface area contributed by atoms with Gasteiger partial charge in [0.05, 0.1) is 26.4 Å². The lowest BCUT2D eigenvalue weighted by Gasteiger charge is -2.13. The topological polar surface area (TPSA) is 66.0 Å². The van der Waals surface area contributed by atoms with E-state index in [1.54, 1.807) is 21.6 Å². The maximum atomic E-state index is 12.3. The maximum absolute atomic E-state index is 12.3. The van der Waals surface area contributed by atoms with Crippen LogP contribution in [0.3, 0.4) is 0 Å². The van der Waals surface area contributed by atoms with Crippen molar-refractivity contribution in [2.24, 2.45) is 5.92 Å². The predicted molar refractivity (Wildman–Crippen MR) is 162 cm³/mol. The van der Waals surface area contributed by atoms with Crippen molar-refractivity contribution in [1.82, 2.24) is 5.32 Å². The molecule has 220 valence electrons. The molecule has 0 aliphatic heterocycles. The van der Waals surface area contributed by atoms with Crippen LogP contribution in [0.4, 0.5) is 0 Å². The summed E-state index contributed by atoms with van der Waals surface area (Å²) in [7, 11) is 3.45. The van der Waals surface area contributed by atoms with Gasteiger partial charge in [0.2, 0.25) is 0 Å². The number of benzene rings is 1. The number of ketones is 1. The fraction of sp³-hybridized carbons (Fsp3) is 0.767. The van der Waals surface area contributed by atoms with Crippen molar-refractivity contribution in [3.63, 3.8) is 0 Å². The van der Waals surface area contributed by atoms with Gasteiger partial charge in [-0.1, -0.05) is 61.4 Å². The molecule has 0 heterocycles. The fourth-order valence-corrected chi connectivity index (χ4v) is 5.39. The highest BCUT2D eigenvalue weighted by atomic mass is 33.1. The molecule has 1 aromatic rings. The van der Waals surface area contributed by atoms with Gasteiger partial charge in [0, 0.05) is 43.6 Å². The van der Waals surface area contributed by atoms with E-state index in [1.807, 2.05) is 0 Å². The van der Waals surface area contributed by atoms with E-state index in [4.69, 9.17) is 18.9 Å². The zero-order valence-corrected chi connectivity index (χ0v) is 26.1. The monoisotopic (exact) mass is 571 g/mol. The molecule has 8 heteroatoms. The Morgan fingerprint density at radius 1 is 0.789 bits per heavy atom. The first kappa shape index (κ1) is 35.4. The Morgan fingerprint density at radius 2 is 1.42 bits per heavy atom. The van der Waals surface area contributed by atoms with Crippen LogP contribution < -0.4 is 5.32 Å². The Hall–Kier alpha value is -0.610. The normalized spacial score (nSPS) is 12.5. The van der Waals surface area contributed by atoms with Crippen molar-refractivity contribution in [1.29, 1.82) is 0 Å². The minimum Gasteiger partial charge on any atom is -0.379 e. The number of nitrogens with one attached hydrogen (secondary N) is 1. The maximum Gasteiger partial charge on any atom is 0.137 e. The standard InChI is InChI=1S/C30H53NO5S2/c1-25(2)10-8-17-33-20-22-35-23-21-34-18-9-11-29(32)24-28-12-14-30(15-13-28)38-37-27(5)36-19-7-6-16-31-26(3)4/h12-15,25-27,31H,6-11,16-24H2,1-5H3. The van der Waals surface area contributed by atoms with Gasteiger partial charge >= 0.3 is 0 Å². The van der Waals surface area contributed by atoms with Gasteiger partial charge in [-0.15, -0.1) is 0 Å². The van der Waals surface area contributed by atoms with Crippen molar-refractivity contribution in [2.75, 3.05) is 52.8 Å². The lowest BCUT2D eigenvalue weighted by Crippen LogP contribution is -2.23. The van der Waals surface area contributed by atoms with E-state index in [0.717, 1.165) is 56.9 Å². The van der Waals surface area contributed by atoms with Gasteiger partial charge in [0.1, 0.15) is 11.2 Å². The Kier molecular flexibility index (Phi) is 22.6. The molecule has 1 atom stereocenters. The Bertz CT molecular complexity index is 688. The number of carbonyl (C=O) groups excluding carboxylic acids is 1. The molecule has 1 N–H and O–H groups in total. The molecule has 0 spiro atoms. The summed E-state index contributed by atoms with van der Waals surface area (Å²) in [5.41, 5.74) is 1.20. The largest absolute Gasteiger partial charge is 0.379 e. The van der Waals surface area contributed by atoms with Crippen molar-refractivity contribution in [3.8, 4) is 0 Å². The number of carbonyl (C=O) groups is 1. The Morgan fingerprint density at radius 3 is 2.05 bits per heavy atom. The summed E-state index contributed by atoms with van der Waals surface area (Å²) in [5, 5.41) is 3.43. The molecule has 0 fully saturated rings. The minimum absolute atomic E-state index is 0.145. The first-order valence-corrected chi connectivity index (χ1v) is 16.6. The molecule has 1 aromatic carbocycles. The zero-order chi connectivity index (χ0) is 27.8. The third-order valence-corrected chi connectivity index (χ3v) is 8.29. The highest BCUT2D eigenvalue weighted by Gasteiger charge is 2.07. The van der Waals surface area contributed by atoms with E-state index in [1.165, 1.54) is 11.3 Å². The molecule has 0 bridgehead atoms. The zero-order valence-electron chi connectivity index (χ0n) is 24.5. The van der Waals surface area contributed by atoms with E-state index < -0.39 is 0 Å². The van der Waals surface area contributed by atoms with Crippen molar-refractivity contribution >= 4 is 27.4 Å². The number of ether oxygens (including phenoxy) is 4. The van der Waals surface area contributed by atoms with Crippen molar-refractivity contribution in [3.05, 3.63) is 29.8 Å². The molecular weight excluding hydrogens is 518 g/mol. The number of Topliss-reactive ketones (excluding diaryl/α,β-unsaturated/α-hetero) is 1. The summed E-state index contributed by atoms with van der Waals surface area (Å²) >= 11 is 0. The fourth-order valence-electron chi connectivity index (χ4n) is 3.50. The number of hydrogen-bond acceptors (Lipinski definition) is 8. The molecule has 0 saturated carbocycles. The van der Waals surface area contributed by atoms with E-state index in [2.05, 4.69) is 64.2 Å². The van der Waals surface area contributed by atoms with Gasteiger partial charge < -0.3 is 24.3 Å². The van der Waals surface area contributed by atoms with Crippen LogP contribution in [0.25, 0.3) is 0 Å². The third kappa shape index (κ3) is 22.2. The SMILES string of the molecule is CC(C)CCCOCCOCCOCCCC(=O)Cc1ccc(SSC(C)OCCCCNC(C)C)cc1. The summed E-state index contributed by atoms with van der Waals surface area (Å²) in [6.07, 6.45) is 6.29. The number of rotatable bonds is 26. The Labute approximate surface area is 240 Å².